The van der Waals surface area contributed by atoms with Crippen LogP contribution in [0.5, 0.6) is 0 Å². The van der Waals surface area contributed by atoms with E-state index in [1.165, 1.54) is 13.5 Å². The maximum atomic E-state index is 5.75. The van der Waals surface area contributed by atoms with Gasteiger partial charge in [-0.1, -0.05) is 0 Å². The van der Waals surface area contributed by atoms with Gasteiger partial charge in [-0.25, -0.2) is 0 Å². The average molecular weight is 606 g/mol. The molecule has 0 aliphatic rings. The van der Waals surface area contributed by atoms with Gasteiger partial charge in [0, 0.05) is 0 Å². The molecule has 0 aromatic rings. The van der Waals surface area contributed by atoms with Crippen molar-refractivity contribution < 1.29 is 0 Å². The van der Waals surface area contributed by atoms with E-state index in [2.05, 4.69) is 13.8 Å². The maximum Gasteiger partial charge on any atom is 0 e. The summed E-state index contributed by atoms with van der Waals surface area (Å²) in [5, 5.41) is 0. The summed E-state index contributed by atoms with van der Waals surface area (Å²) in [5.74, 6) is 0. The first kappa shape index (κ1) is 28.2. The fourth-order valence-electron chi connectivity index (χ4n) is 0.177. The van der Waals surface area contributed by atoms with Gasteiger partial charge in [-0.05, 0) is 0 Å². The van der Waals surface area contributed by atoms with Crippen LogP contribution in [0.2, 0.25) is 0 Å². The van der Waals surface area contributed by atoms with Crippen molar-refractivity contribution in [3.63, 3.8) is 0 Å². The molecule has 1 radical (unpaired) electrons. The third-order valence-electron chi connectivity index (χ3n) is 0.500. The Morgan fingerprint density at radius 2 is 1.33 bits per heavy atom. The molecule has 0 atom stereocenters. The van der Waals surface area contributed by atoms with Crippen LogP contribution in [-0.4, -0.2) is 7.05 Å². The van der Waals surface area contributed by atoms with Crippen LogP contribution in [-0.2, 0) is 0 Å². The second-order valence-corrected chi connectivity index (χ2v) is 1.06. The Kier molecular flexibility index (Phi) is 499. The Balaban J connectivity index is -0.0000000286. The van der Waals surface area contributed by atoms with Gasteiger partial charge in [0.05, 0.1) is 0 Å². The van der Waals surface area contributed by atoms with Gasteiger partial charge in [0.15, 0.2) is 0 Å². The summed E-state index contributed by atoms with van der Waals surface area (Å²) in [4.78, 5) is 0. The molecule has 0 rings (SSSR count). The van der Waals surface area contributed by atoms with E-state index in [0.717, 1.165) is 12.8 Å². The topological polar surface area (TPSA) is 23.8 Å². The molecule has 0 aromatic carbocycles. The molecule has 0 aliphatic heterocycles. The van der Waals surface area contributed by atoms with Crippen LogP contribution in [0.3, 0.4) is 0 Å². The van der Waals surface area contributed by atoms with Crippen molar-refractivity contribution in [1.29, 1.82) is 0 Å². The van der Waals surface area contributed by atoms with E-state index in [1.807, 2.05) is 0 Å². The molecule has 1 nitrogen and oxygen atoms in total. The van der Waals surface area contributed by atoms with E-state index in [0.29, 0.717) is 0 Å². The molecular weight excluding hydrogens is 592 g/mol. The zero-order valence-corrected chi connectivity index (χ0v) is 10.6. The van der Waals surface area contributed by atoms with E-state index >= 15 is 0 Å². The van der Waals surface area contributed by atoms with Crippen LogP contribution in [0.1, 0.15) is 19.3 Å². The Bertz CT molecular complexity index is 20.5. The van der Waals surface area contributed by atoms with Crippen LogP contribution in [0, 0.1) is 13.8 Å². The van der Waals surface area contributed by atoms with E-state index in [-0.39, 0.29) is 0 Å². The molecular formula is C6H14BkNNo-3. The number of hydrogen-bond donors (Lipinski definition) is 0. The first-order chi connectivity index (χ1) is 3.41. The van der Waals surface area contributed by atoms with Crippen molar-refractivity contribution in [2.45, 2.75) is 19.3 Å². The van der Waals surface area contributed by atoms with Gasteiger partial charge in [-0.3, -0.25) is 0 Å². The predicted octanol–water partition coefficient (Wildman–Crippen LogP) is 2.49. The molecule has 0 saturated carbocycles. The summed E-state index contributed by atoms with van der Waals surface area (Å²) in [5.41, 5.74) is 5.75. The minimum Gasteiger partial charge on any atom is -0.680 e. The molecule has 0 bridgehead atoms. The number of rotatable bonds is 2. The predicted molar refractivity (Wildman–Crippen MR) is 34.8 cm³/mol. The second kappa shape index (κ2) is 159. The van der Waals surface area contributed by atoms with Crippen molar-refractivity contribution in [3.8, 4) is 0 Å². The minimum atomic E-state index is 0. The van der Waals surface area contributed by atoms with Gasteiger partial charge >= 0.3 is 0 Å². The summed E-state index contributed by atoms with van der Waals surface area (Å²) >= 11 is 0. The quantitative estimate of drug-likeness (QED) is 0.432. The molecule has 0 unspecified atom stereocenters. The smallest absolute Gasteiger partial charge is 0 e. The Hall–Kier alpha value is -2.04. The standard InChI is InChI=1S/C5H10.CH4N.Bk.No/c1-3-5-4-2;1-2;;/h1-5H2;2H,1H3;;/q-2;-1;;. The van der Waals surface area contributed by atoms with Crippen LogP contribution >= 0.6 is 0 Å². The van der Waals surface area contributed by atoms with E-state index in [1.54, 1.807) is 0 Å². The van der Waals surface area contributed by atoms with Crippen LogP contribution in [0.4, 0.5) is 0 Å². The zero-order chi connectivity index (χ0) is 6.12. The molecule has 0 amide bonds. The zero-order valence-electron chi connectivity index (χ0n) is 5.64. The number of nitrogens with one attached hydrogen (secondary N) is 1. The summed E-state index contributed by atoms with van der Waals surface area (Å²) in [7, 11) is 1.25. The summed E-state index contributed by atoms with van der Waals surface area (Å²) in [6.45, 7) is 7.27. The summed E-state index contributed by atoms with van der Waals surface area (Å²) in [6.07, 6.45) is 3.23. The first-order valence-electron chi connectivity index (χ1n) is 2.50. The summed E-state index contributed by atoms with van der Waals surface area (Å²) in [6, 6.07) is 0. The molecule has 9 heavy (non-hydrogen) atoms. The third-order valence-corrected chi connectivity index (χ3v) is 0.500. The van der Waals surface area contributed by atoms with Gasteiger partial charge in [0.25, 0.3) is 0 Å². The Morgan fingerprint density at radius 1 is 1.11 bits per heavy atom. The molecule has 0 saturated heterocycles. The second-order valence-electron chi connectivity index (χ2n) is 1.06. The Morgan fingerprint density at radius 3 is 1.33 bits per heavy atom. The molecule has 0 heterocycles. The van der Waals surface area contributed by atoms with Crippen LogP contribution in [0.25, 0.3) is 5.73 Å². The monoisotopic (exact) mass is 606 g/mol. The fourth-order valence-corrected chi connectivity index (χ4v) is 0.177. The van der Waals surface area contributed by atoms with Crippen molar-refractivity contribution in [2.75, 3.05) is 7.05 Å². The third kappa shape index (κ3) is 58400. The normalized spacial score (nSPS) is 5.33. The molecule has 1 N–H and O–H groups in total. The van der Waals surface area contributed by atoms with Crippen LogP contribution in [0.15, 0.2) is 0 Å². The molecule has 0 aliphatic carbocycles. The molecule has 0 fully saturated rings. The largest absolute Gasteiger partial charge is 0.680 e. The minimum absolute atomic E-state index is 0. The van der Waals surface area contributed by atoms with Crippen LogP contribution < -0.4 is 0 Å². The first-order valence-corrected chi connectivity index (χ1v) is 2.50. The van der Waals surface area contributed by atoms with Crippen molar-refractivity contribution in [2.24, 2.45) is 0 Å². The van der Waals surface area contributed by atoms with Gasteiger partial charge in [-0.15, -0.1) is 6.42 Å². The van der Waals surface area contributed by atoms with Gasteiger partial charge in [-0.2, -0.15) is 19.9 Å². The van der Waals surface area contributed by atoms with Gasteiger partial charge < -0.3 is 19.6 Å². The van der Waals surface area contributed by atoms with Crippen molar-refractivity contribution in [1.82, 2.24) is 0 Å². The van der Waals surface area contributed by atoms with E-state index in [4.69, 9.17) is 5.73 Å². The molecule has 69 valence electrons. The molecule has 0 aromatic heterocycles. The van der Waals surface area contributed by atoms with Crippen molar-refractivity contribution >= 4 is 0 Å². The fraction of sp³-hybridized carbons (Fsp3) is 0.667. The average Bonchev–Trinajstić information content (AvgIpc) is 1.75. The number of hydrogen-bond acceptors (Lipinski definition) is 0. The maximum absolute atomic E-state index is 5.75. The SMILES string of the molecule is C[NH-].[Bk].[CH2-]CCC[CH2-].[No]. The van der Waals surface area contributed by atoms with E-state index in [9.17, 15) is 0 Å². The summed E-state index contributed by atoms with van der Waals surface area (Å²) < 4.78 is 0. The van der Waals surface area contributed by atoms with Gasteiger partial charge in [0.2, 0.25) is 0 Å². The Labute approximate surface area is 46.9 Å². The van der Waals surface area contributed by atoms with E-state index < -0.39 is 0 Å². The van der Waals surface area contributed by atoms with Gasteiger partial charge in [0.1, 0.15) is 0 Å². The number of unbranched alkanes of at least 4 members (excludes halogenated alkanes) is 2. The molecule has 3 heteroatoms. The molecule has 0 spiro atoms. The van der Waals surface area contributed by atoms with Crippen molar-refractivity contribution in [3.05, 3.63) is 19.6 Å².